The molecule has 0 aromatic heterocycles. The highest BCUT2D eigenvalue weighted by molar-refractivity contribution is 5.99. The summed E-state index contributed by atoms with van der Waals surface area (Å²) in [6.07, 6.45) is 6.25. The van der Waals surface area contributed by atoms with E-state index < -0.39 is 17.4 Å². The van der Waals surface area contributed by atoms with Crippen molar-refractivity contribution in [3.05, 3.63) is 0 Å². The van der Waals surface area contributed by atoms with Gasteiger partial charge in [-0.15, -0.1) is 0 Å². The number of carbonyl (C=O) groups excluding carboxylic acids is 1. The molecule has 0 aliphatic heterocycles. The van der Waals surface area contributed by atoms with Crippen molar-refractivity contribution in [1.82, 2.24) is 0 Å². The Bertz CT molecular complexity index is 304. The number of unbranched alkanes of at least 4 members (excludes halogenated alkanes) is 2. The Morgan fingerprint density at radius 1 is 1.00 bits per heavy atom. The molecule has 0 fully saturated rings. The number of esters is 1. The smallest absolute Gasteiger partial charge is 0.323 e. The number of carbonyl (C=O) groups is 2. The van der Waals surface area contributed by atoms with Gasteiger partial charge < -0.3 is 9.84 Å². The number of hydrogen-bond acceptors (Lipinski definition) is 3. The van der Waals surface area contributed by atoms with Gasteiger partial charge in [0.25, 0.3) is 0 Å². The molecule has 0 amide bonds. The largest absolute Gasteiger partial charge is 0.480 e. The molecule has 0 bridgehead atoms. The fourth-order valence-corrected chi connectivity index (χ4v) is 2.52. The number of carboxylic acids is 1. The SMILES string of the molecule is CCCCC(CCCC)(C(=O)O)C(=O)OC(CC)CCC. The summed E-state index contributed by atoms with van der Waals surface area (Å²) < 4.78 is 5.54. The third-order valence-corrected chi connectivity index (χ3v) is 4.05. The Balaban J connectivity index is 5.12. The summed E-state index contributed by atoms with van der Waals surface area (Å²) in [5.74, 6) is -1.56. The maximum Gasteiger partial charge on any atom is 0.323 e. The van der Waals surface area contributed by atoms with Crippen LogP contribution in [0, 0.1) is 5.41 Å². The van der Waals surface area contributed by atoms with Gasteiger partial charge in [-0.05, 0) is 25.7 Å². The van der Waals surface area contributed by atoms with Crippen LogP contribution in [0.25, 0.3) is 0 Å². The summed E-state index contributed by atoms with van der Waals surface area (Å²) in [5, 5.41) is 9.66. The van der Waals surface area contributed by atoms with Crippen molar-refractivity contribution in [1.29, 1.82) is 0 Å². The van der Waals surface area contributed by atoms with Gasteiger partial charge in [0.2, 0.25) is 0 Å². The summed E-state index contributed by atoms with van der Waals surface area (Å²) in [5.41, 5.74) is -1.35. The highest BCUT2D eigenvalue weighted by Gasteiger charge is 2.47. The molecule has 124 valence electrons. The first-order chi connectivity index (χ1) is 9.98. The molecule has 0 saturated carbocycles. The third-order valence-electron chi connectivity index (χ3n) is 4.05. The lowest BCUT2D eigenvalue weighted by Gasteiger charge is -2.29. The van der Waals surface area contributed by atoms with Gasteiger partial charge >= 0.3 is 11.9 Å². The second-order valence-corrected chi connectivity index (χ2v) is 5.82. The molecule has 0 spiro atoms. The number of ether oxygens (including phenoxy) is 1. The molecule has 0 rings (SSSR count). The van der Waals surface area contributed by atoms with Crippen molar-refractivity contribution in [2.75, 3.05) is 0 Å². The van der Waals surface area contributed by atoms with E-state index in [4.69, 9.17) is 4.74 Å². The van der Waals surface area contributed by atoms with E-state index in [1.807, 2.05) is 27.7 Å². The Morgan fingerprint density at radius 2 is 1.52 bits per heavy atom. The van der Waals surface area contributed by atoms with E-state index in [0.29, 0.717) is 12.8 Å². The molecule has 1 N–H and O–H groups in total. The van der Waals surface area contributed by atoms with Gasteiger partial charge in [0.15, 0.2) is 5.41 Å². The second kappa shape index (κ2) is 10.6. The molecule has 4 heteroatoms. The fourth-order valence-electron chi connectivity index (χ4n) is 2.52. The predicted octanol–water partition coefficient (Wildman–Crippen LogP) is 4.56. The average Bonchev–Trinajstić information content (AvgIpc) is 2.46. The van der Waals surface area contributed by atoms with Gasteiger partial charge in [-0.25, -0.2) is 0 Å². The normalized spacial score (nSPS) is 13.0. The molecule has 0 aliphatic rings. The van der Waals surface area contributed by atoms with Crippen LogP contribution in [0.3, 0.4) is 0 Å². The number of carboxylic acid groups (broad SMARTS) is 1. The van der Waals surface area contributed by atoms with Crippen LogP contribution in [0.4, 0.5) is 0 Å². The van der Waals surface area contributed by atoms with E-state index in [-0.39, 0.29) is 6.10 Å². The number of rotatable bonds is 12. The molecule has 4 nitrogen and oxygen atoms in total. The molecule has 0 aliphatic carbocycles. The maximum atomic E-state index is 12.6. The van der Waals surface area contributed by atoms with E-state index in [2.05, 4.69) is 0 Å². The van der Waals surface area contributed by atoms with Gasteiger partial charge in [0.1, 0.15) is 6.10 Å². The molecule has 0 heterocycles. The summed E-state index contributed by atoms with van der Waals surface area (Å²) in [7, 11) is 0. The van der Waals surface area contributed by atoms with Crippen molar-refractivity contribution in [2.45, 2.75) is 91.6 Å². The second-order valence-electron chi connectivity index (χ2n) is 5.82. The highest BCUT2D eigenvalue weighted by Crippen LogP contribution is 2.34. The van der Waals surface area contributed by atoms with E-state index in [0.717, 1.165) is 44.9 Å². The minimum absolute atomic E-state index is 0.163. The minimum atomic E-state index is -1.35. The molecule has 0 aromatic rings. The van der Waals surface area contributed by atoms with Crippen molar-refractivity contribution in [3.63, 3.8) is 0 Å². The van der Waals surface area contributed by atoms with Crippen molar-refractivity contribution < 1.29 is 19.4 Å². The van der Waals surface area contributed by atoms with E-state index in [9.17, 15) is 14.7 Å². The zero-order valence-corrected chi connectivity index (χ0v) is 14.1. The van der Waals surface area contributed by atoms with E-state index >= 15 is 0 Å². The molecule has 0 aromatic carbocycles. The molecular formula is C17H32O4. The van der Waals surface area contributed by atoms with Crippen LogP contribution in [0.5, 0.6) is 0 Å². The van der Waals surface area contributed by atoms with Crippen LogP contribution in [-0.2, 0) is 14.3 Å². The van der Waals surface area contributed by atoms with Crippen molar-refractivity contribution in [2.24, 2.45) is 5.41 Å². The van der Waals surface area contributed by atoms with Crippen LogP contribution in [0.15, 0.2) is 0 Å². The summed E-state index contributed by atoms with van der Waals surface area (Å²) in [6, 6.07) is 0. The molecule has 1 atom stereocenters. The quantitative estimate of drug-likeness (QED) is 0.424. The minimum Gasteiger partial charge on any atom is -0.480 e. The lowest BCUT2D eigenvalue weighted by atomic mass is 9.78. The Kier molecular flexibility index (Phi) is 10.1. The number of aliphatic carboxylic acids is 1. The molecular weight excluding hydrogens is 268 g/mol. The summed E-state index contributed by atoms with van der Waals surface area (Å²) in [6.45, 7) is 8.01. The first kappa shape index (κ1) is 19.9. The van der Waals surface area contributed by atoms with Gasteiger partial charge in [-0.2, -0.15) is 0 Å². The summed E-state index contributed by atoms with van der Waals surface area (Å²) >= 11 is 0. The molecule has 21 heavy (non-hydrogen) atoms. The highest BCUT2D eigenvalue weighted by atomic mass is 16.5. The van der Waals surface area contributed by atoms with Crippen LogP contribution in [0.2, 0.25) is 0 Å². The standard InChI is InChI=1S/C17H32O4/c1-5-9-12-17(15(18)19,13-10-6-2)16(20)21-14(8-4)11-7-3/h14H,5-13H2,1-4H3,(H,18,19). The van der Waals surface area contributed by atoms with Crippen LogP contribution in [0.1, 0.15) is 85.5 Å². The zero-order chi connectivity index (χ0) is 16.3. The molecule has 0 saturated heterocycles. The van der Waals surface area contributed by atoms with Crippen molar-refractivity contribution >= 4 is 11.9 Å². The molecule has 0 radical (unpaired) electrons. The monoisotopic (exact) mass is 300 g/mol. The maximum absolute atomic E-state index is 12.6. The Labute approximate surface area is 129 Å². The predicted molar refractivity (Wildman–Crippen MR) is 84.2 cm³/mol. The van der Waals surface area contributed by atoms with Gasteiger partial charge in [-0.1, -0.05) is 59.8 Å². The number of hydrogen-bond donors (Lipinski definition) is 1. The lowest BCUT2D eigenvalue weighted by Crippen LogP contribution is -2.42. The Hall–Kier alpha value is -1.06. The van der Waals surface area contributed by atoms with Gasteiger partial charge in [0, 0.05) is 0 Å². The topological polar surface area (TPSA) is 63.6 Å². The lowest BCUT2D eigenvalue weighted by molar-refractivity contribution is -0.174. The zero-order valence-electron chi connectivity index (χ0n) is 14.1. The van der Waals surface area contributed by atoms with Crippen molar-refractivity contribution in [3.8, 4) is 0 Å². The summed E-state index contributed by atoms with van der Waals surface area (Å²) in [4.78, 5) is 24.4. The average molecular weight is 300 g/mol. The van der Waals surface area contributed by atoms with Crippen LogP contribution < -0.4 is 0 Å². The van der Waals surface area contributed by atoms with Gasteiger partial charge in [-0.3, -0.25) is 9.59 Å². The van der Waals surface area contributed by atoms with E-state index in [1.165, 1.54) is 0 Å². The fraction of sp³-hybridized carbons (Fsp3) is 0.882. The first-order valence-corrected chi connectivity index (χ1v) is 8.42. The first-order valence-electron chi connectivity index (χ1n) is 8.42. The van der Waals surface area contributed by atoms with Crippen LogP contribution >= 0.6 is 0 Å². The van der Waals surface area contributed by atoms with Crippen LogP contribution in [-0.4, -0.2) is 23.1 Å². The van der Waals surface area contributed by atoms with E-state index in [1.54, 1.807) is 0 Å². The van der Waals surface area contributed by atoms with Gasteiger partial charge in [0.05, 0.1) is 0 Å². The third kappa shape index (κ3) is 6.06. The Morgan fingerprint density at radius 3 is 1.86 bits per heavy atom. The molecule has 1 unspecified atom stereocenters.